The van der Waals surface area contributed by atoms with Gasteiger partial charge in [-0.05, 0) is 94.3 Å². The number of rotatable bonds is 85. The smallest absolute Gasteiger partial charge is 0.306 e. The summed E-state index contributed by atoms with van der Waals surface area (Å²) in [6, 6.07) is 0. The lowest BCUT2D eigenvalue weighted by atomic mass is 9.58. The molecule has 0 aromatic heterocycles. The molecule has 1 N–H and O–H groups in total. The van der Waals surface area contributed by atoms with Crippen LogP contribution >= 0.6 is 0 Å². The SMILES string of the molecule is CCCCCCCCCCCCCCCCCCCCCCC(CC)OC(=O)CCCCCCCCCCCCCC1(CCCCCCCCCCCCCC(=O)O)CCC(CCCCCCCCCCCCCCCCCC)(CCCCCCCCCCCCCCCCCC)CC1. The van der Waals surface area contributed by atoms with E-state index in [2.05, 4.69) is 27.7 Å². The van der Waals surface area contributed by atoms with Crippen LogP contribution in [0.25, 0.3) is 0 Å². The fourth-order valence-electron chi connectivity index (χ4n) is 17.6. The van der Waals surface area contributed by atoms with E-state index >= 15 is 0 Å². The summed E-state index contributed by atoms with van der Waals surface area (Å²) in [5.74, 6) is -0.588. The standard InChI is InChI=1S/C95H186O4/c1-5-9-12-15-18-21-24-27-30-33-34-35-36-37-40-45-52-59-66-73-80-91(8-4)99-93(98)82-75-68-61-54-47-44-51-58-65-72-79-86-95(85-78-71-64-57-50-43-46-53-60-67-74-81-92(96)97)89-87-94(88-90-95,83-76-69-62-55-48-41-38-31-28-25-22-19-16-13-10-6-2)84-77-70-63-56-49-42-39-32-29-26-23-20-17-14-11-7-3/h91H,5-90H2,1-4H3,(H,96,97). The molecule has 0 aromatic rings. The van der Waals surface area contributed by atoms with Crippen LogP contribution in [0.4, 0.5) is 0 Å². The number of carboxylic acids is 1. The average molecular weight is 1390 g/mol. The van der Waals surface area contributed by atoms with Crippen molar-refractivity contribution in [2.24, 2.45) is 10.8 Å². The van der Waals surface area contributed by atoms with Crippen molar-refractivity contribution in [2.45, 2.75) is 586 Å². The molecular formula is C95H186O4. The van der Waals surface area contributed by atoms with E-state index in [4.69, 9.17) is 9.84 Å². The molecule has 1 saturated carbocycles. The molecule has 99 heavy (non-hydrogen) atoms. The molecule has 0 radical (unpaired) electrons. The second-order valence-electron chi connectivity index (χ2n) is 34.3. The summed E-state index contributed by atoms with van der Waals surface area (Å²) in [4.78, 5) is 23.7. The van der Waals surface area contributed by atoms with Crippen molar-refractivity contribution in [1.82, 2.24) is 0 Å². The Kier molecular flexibility index (Phi) is 75.6. The van der Waals surface area contributed by atoms with Crippen LogP contribution in [0.1, 0.15) is 580 Å². The van der Waals surface area contributed by atoms with Crippen molar-refractivity contribution >= 4 is 11.9 Å². The van der Waals surface area contributed by atoms with Gasteiger partial charge in [-0.25, -0.2) is 0 Å². The van der Waals surface area contributed by atoms with Gasteiger partial charge in [-0.1, -0.05) is 484 Å². The summed E-state index contributed by atoms with van der Waals surface area (Å²) >= 11 is 0. The zero-order valence-corrected chi connectivity index (χ0v) is 69.1. The molecule has 1 fully saturated rings. The predicted molar refractivity (Wildman–Crippen MR) is 442 cm³/mol. The van der Waals surface area contributed by atoms with Crippen molar-refractivity contribution in [2.75, 3.05) is 0 Å². The number of hydrogen-bond acceptors (Lipinski definition) is 3. The van der Waals surface area contributed by atoms with Crippen LogP contribution in [0.15, 0.2) is 0 Å². The van der Waals surface area contributed by atoms with E-state index in [1.807, 2.05) is 0 Å². The first-order valence-corrected chi connectivity index (χ1v) is 47.3. The molecule has 4 heteroatoms. The summed E-state index contributed by atoms with van der Waals surface area (Å²) in [5, 5.41) is 8.96. The maximum atomic E-state index is 12.8. The highest BCUT2D eigenvalue weighted by atomic mass is 16.5. The van der Waals surface area contributed by atoms with Crippen LogP contribution in [-0.4, -0.2) is 23.1 Å². The Morgan fingerprint density at radius 2 is 0.414 bits per heavy atom. The van der Waals surface area contributed by atoms with E-state index in [0.717, 1.165) is 32.1 Å². The first-order chi connectivity index (χ1) is 48.8. The van der Waals surface area contributed by atoms with Gasteiger partial charge in [0.2, 0.25) is 0 Å². The third-order valence-corrected chi connectivity index (χ3v) is 24.8. The lowest BCUT2D eigenvalue weighted by Crippen LogP contribution is -2.35. The number of ether oxygens (including phenoxy) is 1. The summed E-state index contributed by atoms with van der Waals surface area (Å²) < 4.78 is 5.98. The normalized spacial score (nSPS) is 14.0. The van der Waals surface area contributed by atoms with Gasteiger partial charge in [0.1, 0.15) is 6.10 Å². The van der Waals surface area contributed by atoms with Crippen LogP contribution in [-0.2, 0) is 14.3 Å². The molecule has 0 amide bonds. The highest BCUT2D eigenvalue weighted by molar-refractivity contribution is 5.69. The summed E-state index contributed by atoms with van der Waals surface area (Å²) in [7, 11) is 0. The Balaban J connectivity index is 2.50. The molecule has 0 heterocycles. The van der Waals surface area contributed by atoms with Gasteiger partial charge >= 0.3 is 11.9 Å². The van der Waals surface area contributed by atoms with Gasteiger partial charge in [0.25, 0.3) is 0 Å². The fourth-order valence-corrected chi connectivity index (χ4v) is 17.6. The monoisotopic (exact) mass is 1390 g/mol. The predicted octanol–water partition coefficient (Wildman–Crippen LogP) is 34.6. The zero-order chi connectivity index (χ0) is 71.3. The van der Waals surface area contributed by atoms with Crippen molar-refractivity contribution in [3.8, 4) is 0 Å². The van der Waals surface area contributed by atoms with Crippen LogP contribution in [0.2, 0.25) is 0 Å². The average Bonchev–Trinajstić information content (AvgIpc) is 0.804. The van der Waals surface area contributed by atoms with Crippen LogP contribution in [0.5, 0.6) is 0 Å². The minimum atomic E-state index is -0.641. The molecular weight excluding hydrogens is 1210 g/mol. The fraction of sp³-hybridized carbons (Fsp3) is 0.979. The summed E-state index contributed by atoms with van der Waals surface area (Å²) in [6.07, 6.45) is 119. The molecule has 0 aliphatic heterocycles. The largest absolute Gasteiger partial charge is 0.481 e. The molecule has 1 unspecified atom stereocenters. The Morgan fingerprint density at radius 3 is 0.606 bits per heavy atom. The van der Waals surface area contributed by atoms with Gasteiger partial charge < -0.3 is 9.84 Å². The minimum absolute atomic E-state index is 0.0530. The Hall–Kier alpha value is -1.06. The van der Waals surface area contributed by atoms with Crippen molar-refractivity contribution in [1.29, 1.82) is 0 Å². The van der Waals surface area contributed by atoms with Crippen LogP contribution in [0, 0.1) is 10.8 Å². The van der Waals surface area contributed by atoms with E-state index in [1.54, 1.807) is 0 Å². The van der Waals surface area contributed by atoms with Crippen molar-refractivity contribution in [3.05, 3.63) is 0 Å². The molecule has 1 atom stereocenters. The molecule has 0 spiro atoms. The summed E-state index contributed by atoms with van der Waals surface area (Å²) in [6.45, 7) is 9.16. The molecule has 0 aromatic carbocycles. The number of hydrogen-bond donors (Lipinski definition) is 1. The summed E-state index contributed by atoms with van der Waals surface area (Å²) in [5.41, 5.74) is 1.23. The minimum Gasteiger partial charge on any atom is -0.481 e. The van der Waals surface area contributed by atoms with Crippen molar-refractivity contribution in [3.63, 3.8) is 0 Å². The molecule has 0 bridgehead atoms. The van der Waals surface area contributed by atoms with E-state index in [1.165, 1.54) is 507 Å². The van der Waals surface area contributed by atoms with Gasteiger partial charge in [-0.2, -0.15) is 0 Å². The number of carbonyl (C=O) groups is 2. The molecule has 1 rings (SSSR count). The lowest BCUT2D eigenvalue weighted by molar-refractivity contribution is -0.149. The van der Waals surface area contributed by atoms with Gasteiger partial charge in [0.15, 0.2) is 0 Å². The van der Waals surface area contributed by atoms with Gasteiger partial charge in [0, 0.05) is 12.8 Å². The van der Waals surface area contributed by atoms with E-state index in [0.29, 0.717) is 23.7 Å². The maximum Gasteiger partial charge on any atom is 0.306 e. The lowest BCUT2D eigenvalue weighted by Gasteiger charge is -2.48. The van der Waals surface area contributed by atoms with E-state index < -0.39 is 5.97 Å². The van der Waals surface area contributed by atoms with E-state index in [9.17, 15) is 9.59 Å². The zero-order valence-electron chi connectivity index (χ0n) is 69.1. The number of unbranched alkanes of at least 4 members (excludes halogenated alkanes) is 69. The Bertz CT molecular complexity index is 1520. The van der Waals surface area contributed by atoms with E-state index in [-0.39, 0.29) is 12.1 Å². The van der Waals surface area contributed by atoms with Crippen molar-refractivity contribution < 1.29 is 19.4 Å². The number of carboxylic acid groups (broad SMARTS) is 1. The second kappa shape index (κ2) is 78.0. The van der Waals surface area contributed by atoms with Gasteiger partial charge in [0.05, 0.1) is 0 Å². The first-order valence-electron chi connectivity index (χ1n) is 47.3. The van der Waals surface area contributed by atoms with Crippen LogP contribution in [0.3, 0.4) is 0 Å². The topological polar surface area (TPSA) is 63.6 Å². The molecule has 4 nitrogen and oxygen atoms in total. The first kappa shape index (κ1) is 96.0. The maximum absolute atomic E-state index is 12.8. The highest BCUT2D eigenvalue weighted by Gasteiger charge is 2.41. The Labute approximate surface area is 624 Å². The third-order valence-electron chi connectivity index (χ3n) is 24.8. The van der Waals surface area contributed by atoms with Gasteiger partial charge in [-0.3, -0.25) is 9.59 Å². The number of carbonyl (C=O) groups excluding carboxylic acids is 1. The number of aliphatic carboxylic acids is 1. The molecule has 1 aliphatic carbocycles. The highest BCUT2D eigenvalue weighted by Crippen LogP contribution is 2.55. The number of esters is 1. The molecule has 0 saturated heterocycles. The molecule has 1 aliphatic rings. The quantitative estimate of drug-likeness (QED) is 0.0487. The molecule has 590 valence electrons. The van der Waals surface area contributed by atoms with Crippen LogP contribution < -0.4 is 0 Å². The Morgan fingerprint density at radius 1 is 0.242 bits per heavy atom. The third kappa shape index (κ3) is 68.5. The second-order valence-corrected chi connectivity index (χ2v) is 34.3. The van der Waals surface area contributed by atoms with Gasteiger partial charge in [-0.15, -0.1) is 0 Å².